The third-order valence-corrected chi connectivity index (χ3v) is 5.19. The number of benzene rings is 1. The standard InChI is InChI=1S/C13H18ClNO3S/c14-11-3-7-13(8-4-11)19(17,18)15-9-10-1-5-12(16)6-2-10/h3-4,7-8,10,12,15-16H,1-2,5-6,9H2. The van der Waals surface area contributed by atoms with E-state index in [0.29, 0.717) is 17.5 Å². The van der Waals surface area contributed by atoms with Crippen LogP contribution >= 0.6 is 11.6 Å². The first-order valence-electron chi connectivity index (χ1n) is 6.40. The lowest BCUT2D eigenvalue weighted by Gasteiger charge is -2.25. The molecule has 0 atom stereocenters. The molecule has 1 fully saturated rings. The van der Waals surface area contributed by atoms with Gasteiger partial charge in [-0.25, -0.2) is 13.1 Å². The first-order valence-corrected chi connectivity index (χ1v) is 8.27. The molecule has 2 N–H and O–H groups in total. The van der Waals surface area contributed by atoms with Crippen molar-refractivity contribution in [2.75, 3.05) is 6.54 Å². The summed E-state index contributed by atoms with van der Waals surface area (Å²) in [6.45, 7) is 0.428. The van der Waals surface area contributed by atoms with Crippen molar-refractivity contribution < 1.29 is 13.5 Å². The summed E-state index contributed by atoms with van der Waals surface area (Å²) in [5.41, 5.74) is 0. The van der Waals surface area contributed by atoms with Crippen LogP contribution in [0.5, 0.6) is 0 Å². The largest absolute Gasteiger partial charge is 0.393 e. The Labute approximate surface area is 118 Å². The summed E-state index contributed by atoms with van der Waals surface area (Å²) >= 11 is 5.74. The van der Waals surface area contributed by atoms with Crippen LogP contribution in [0.25, 0.3) is 0 Å². The van der Waals surface area contributed by atoms with E-state index in [1.54, 1.807) is 12.1 Å². The smallest absolute Gasteiger partial charge is 0.240 e. The fraction of sp³-hybridized carbons (Fsp3) is 0.538. The zero-order valence-corrected chi connectivity index (χ0v) is 12.1. The normalized spacial score (nSPS) is 24.3. The van der Waals surface area contributed by atoms with Crippen LogP contribution in [-0.2, 0) is 10.0 Å². The van der Waals surface area contributed by atoms with Crippen molar-refractivity contribution in [3.8, 4) is 0 Å². The molecule has 1 aliphatic rings. The summed E-state index contributed by atoms with van der Waals surface area (Å²) in [6, 6.07) is 6.12. The van der Waals surface area contributed by atoms with Gasteiger partial charge in [0.15, 0.2) is 0 Å². The molecule has 1 saturated carbocycles. The van der Waals surface area contributed by atoms with Crippen LogP contribution in [0.4, 0.5) is 0 Å². The number of hydrogen-bond donors (Lipinski definition) is 2. The van der Waals surface area contributed by atoms with Gasteiger partial charge in [-0.05, 0) is 55.9 Å². The van der Waals surface area contributed by atoms with E-state index >= 15 is 0 Å². The number of hydrogen-bond acceptors (Lipinski definition) is 3. The Balaban J connectivity index is 1.92. The Morgan fingerprint density at radius 1 is 1.16 bits per heavy atom. The molecule has 4 nitrogen and oxygen atoms in total. The van der Waals surface area contributed by atoms with Gasteiger partial charge in [-0.1, -0.05) is 11.6 Å². The molecule has 6 heteroatoms. The number of aliphatic hydroxyl groups is 1. The van der Waals surface area contributed by atoms with Crippen molar-refractivity contribution in [1.82, 2.24) is 4.72 Å². The maximum Gasteiger partial charge on any atom is 0.240 e. The fourth-order valence-corrected chi connectivity index (χ4v) is 3.52. The SMILES string of the molecule is O=S(=O)(NCC1CCC(O)CC1)c1ccc(Cl)cc1. The molecule has 0 saturated heterocycles. The number of rotatable bonds is 4. The summed E-state index contributed by atoms with van der Waals surface area (Å²) < 4.78 is 26.7. The Kier molecular flexibility index (Phi) is 4.84. The van der Waals surface area contributed by atoms with E-state index in [1.807, 2.05) is 0 Å². The summed E-state index contributed by atoms with van der Waals surface area (Å²) in [4.78, 5) is 0.229. The molecule has 1 aliphatic carbocycles. The van der Waals surface area contributed by atoms with Gasteiger partial charge in [-0.3, -0.25) is 0 Å². The van der Waals surface area contributed by atoms with Crippen LogP contribution in [0.1, 0.15) is 25.7 Å². The molecule has 0 spiro atoms. The van der Waals surface area contributed by atoms with Gasteiger partial charge in [0, 0.05) is 11.6 Å². The lowest BCUT2D eigenvalue weighted by molar-refractivity contribution is 0.109. The highest BCUT2D eigenvalue weighted by Gasteiger charge is 2.21. The predicted molar refractivity (Wildman–Crippen MR) is 74.6 cm³/mol. The second-order valence-electron chi connectivity index (χ2n) is 4.98. The molecule has 0 amide bonds. The second kappa shape index (κ2) is 6.22. The molecule has 1 aromatic rings. The fourth-order valence-electron chi connectivity index (χ4n) is 2.27. The van der Waals surface area contributed by atoms with Gasteiger partial charge in [0.2, 0.25) is 10.0 Å². The lowest BCUT2D eigenvalue weighted by Crippen LogP contribution is -2.32. The van der Waals surface area contributed by atoms with Gasteiger partial charge < -0.3 is 5.11 Å². The van der Waals surface area contributed by atoms with E-state index in [-0.39, 0.29) is 11.0 Å². The highest BCUT2D eigenvalue weighted by atomic mass is 35.5. The van der Waals surface area contributed by atoms with Crippen molar-refractivity contribution in [2.24, 2.45) is 5.92 Å². The van der Waals surface area contributed by atoms with Gasteiger partial charge in [0.1, 0.15) is 0 Å². The summed E-state index contributed by atoms with van der Waals surface area (Å²) in [6.07, 6.45) is 3.03. The monoisotopic (exact) mass is 303 g/mol. The van der Waals surface area contributed by atoms with Gasteiger partial charge in [-0.15, -0.1) is 0 Å². The Hall–Kier alpha value is -0.620. The van der Waals surface area contributed by atoms with Gasteiger partial charge >= 0.3 is 0 Å². The third-order valence-electron chi connectivity index (χ3n) is 3.50. The van der Waals surface area contributed by atoms with Crippen LogP contribution in [0.2, 0.25) is 5.02 Å². The zero-order chi connectivity index (χ0) is 13.9. The van der Waals surface area contributed by atoms with Crippen molar-refractivity contribution in [2.45, 2.75) is 36.7 Å². The second-order valence-corrected chi connectivity index (χ2v) is 7.18. The third kappa shape index (κ3) is 4.18. The average molecular weight is 304 g/mol. The molecule has 2 rings (SSSR count). The van der Waals surface area contributed by atoms with Crippen molar-refractivity contribution in [3.63, 3.8) is 0 Å². The molecule has 1 aromatic carbocycles. The van der Waals surface area contributed by atoms with Crippen molar-refractivity contribution >= 4 is 21.6 Å². The average Bonchev–Trinajstić information content (AvgIpc) is 2.39. The molecule has 0 aliphatic heterocycles. The Morgan fingerprint density at radius 2 is 1.74 bits per heavy atom. The maximum absolute atomic E-state index is 12.0. The van der Waals surface area contributed by atoms with E-state index < -0.39 is 10.0 Å². The van der Waals surface area contributed by atoms with Crippen molar-refractivity contribution in [1.29, 1.82) is 0 Å². The van der Waals surface area contributed by atoms with Crippen molar-refractivity contribution in [3.05, 3.63) is 29.3 Å². The molecular formula is C13H18ClNO3S. The summed E-state index contributed by atoms with van der Waals surface area (Å²) in [5.74, 6) is 0.311. The van der Waals surface area contributed by atoms with Gasteiger partial charge in [0.25, 0.3) is 0 Å². The number of halogens is 1. The maximum atomic E-state index is 12.0. The number of nitrogens with one attached hydrogen (secondary N) is 1. The van der Waals surface area contributed by atoms with E-state index in [4.69, 9.17) is 11.6 Å². The predicted octanol–water partition coefficient (Wildman–Crippen LogP) is 2.17. The van der Waals surface area contributed by atoms with Gasteiger partial charge in [-0.2, -0.15) is 0 Å². The molecule has 0 unspecified atom stereocenters. The van der Waals surface area contributed by atoms with Crippen LogP contribution < -0.4 is 4.72 Å². The Bertz CT molecular complexity index is 507. The minimum atomic E-state index is -3.46. The zero-order valence-electron chi connectivity index (χ0n) is 10.5. The summed E-state index contributed by atoms with van der Waals surface area (Å²) in [7, 11) is -3.46. The minimum absolute atomic E-state index is 0.218. The van der Waals surface area contributed by atoms with E-state index in [9.17, 15) is 13.5 Å². The van der Waals surface area contributed by atoms with Crippen LogP contribution in [0.15, 0.2) is 29.2 Å². The molecule has 19 heavy (non-hydrogen) atoms. The summed E-state index contributed by atoms with van der Waals surface area (Å²) in [5, 5.41) is 9.92. The first kappa shape index (κ1) is 14.8. The lowest BCUT2D eigenvalue weighted by atomic mass is 9.88. The highest BCUT2D eigenvalue weighted by Crippen LogP contribution is 2.24. The van der Waals surface area contributed by atoms with E-state index in [2.05, 4.69) is 4.72 Å². The molecule has 0 heterocycles. The van der Waals surface area contributed by atoms with Gasteiger partial charge in [0.05, 0.1) is 11.0 Å². The molecule has 0 aromatic heterocycles. The van der Waals surface area contributed by atoms with Crippen LogP contribution in [0.3, 0.4) is 0 Å². The van der Waals surface area contributed by atoms with Crippen LogP contribution in [0, 0.1) is 5.92 Å². The molecular weight excluding hydrogens is 286 g/mol. The van der Waals surface area contributed by atoms with Crippen LogP contribution in [-0.4, -0.2) is 26.2 Å². The first-order chi connectivity index (χ1) is 8.97. The minimum Gasteiger partial charge on any atom is -0.393 e. The quantitative estimate of drug-likeness (QED) is 0.896. The molecule has 106 valence electrons. The number of sulfonamides is 1. The molecule has 0 bridgehead atoms. The molecule has 0 radical (unpaired) electrons. The highest BCUT2D eigenvalue weighted by molar-refractivity contribution is 7.89. The topological polar surface area (TPSA) is 66.4 Å². The Morgan fingerprint density at radius 3 is 2.32 bits per heavy atom. The van der Waals surface area contributed by atoms with E-state index in [0.717, 1.165) is 25.7 Å². The van der Waals surface area contributed by atoms with E-state index in [1.165, 1.54) is 12.1 Å². The number of aliphatic hydroxyl groups excluding tert-OH is 1.